The number of aromatic nitrogens is 1. The number of carbonyl (C=O) groups is 1. The number of rotatable bonds is 3. The fourth-order valence-electron chi connectivity index (χ4n) is 1.44. The van der Waals surface area contributed by atoms with E-state index in [0.29, 0.717) is 0 Å². The lowest BCUT2D eigenvalue weighted by Crippen LogP contribution is -2.07. The van der Waals surface area contributed by atoms with Crippen molar-refractivity contribution in [1.29, 1.82) is 0 Å². The summed E-state index contributed by atoms with van der Waals surface area (Å²) in [4.78, 5) is 14.4. The Kier molecular flexibility index (Phi) is 3.47. The second-order valence-corrected chi connectivity index (χ2v) is 3.79. The smallest absolute Gasteiger partial charge is 0.354 e. The number of carboxylic acid groups (broad SMARTS) is 1. The Labute approximate surface area is 110 Å². The van der Waals surface area contributed by atoms with Crippen LogP contribution in [0.1, 0.15) is 10.5 Å². The molecule has 0 aliphatic carbocycles. The molecular weight excluding hydrogens is 275 g/mol. The van der Waals surface area contributed by atoms with Crippen molar-refractivity contribution < 1.29 is 23.1 Å². The SMILES string of the molecule is Nc1ccc(C(=O)O)nc1Nc1ccc(F)c(F)c1F. The van der Waals surface area contributed by atoms with E-state index in [-0.39, 0.29) is 17.2 Å². The Morgan fingerprint density at radius 3 is 2.50 bits per heavy atom. The molecule has 0 radical (unpaired) electrons. The Bertz CT molecular complexity index is 692. The molecule has 0 atom stereocenters. The third-order valence-corrected chi connectivity index (χ3v) is 2.43. The van der Waals surface area contributed by atoms with Gasteiger partial charge in [-0.2, -0.15) is 0 Å². The molecule has 0 unspecified atom stereocenters. The summed E-state index contributed by atoms with van der Waals surface area (Å²) in [6, 6.07) is 4.07. The number of nitrogen functional groups attached to an aromatic ring is 1. The Balaban J connectivity index is 2.42. The maximum Gasteiger partial charge on any atom is 0.354 e. The first kappa shape index (κ1) is 13.7. The van der Waals surface area contributed by atoms with Crippen LogP contribution in [-0.2, 0) is 0 Å². The summed E-state index contributed by atoms with van der Waals surface area (Å²) in [5.74, 6) is -5.92. The molecule has 1 aromatic carbocycles. The van der Waals surface area contributed by atoms with E-state index in [1.54, 1.807) is 0 Å². The molecule has 1 aromatic heterocycles. The van der Waals surface area contributed by atoms with Crippen LogP contribution >= 0.6 is 0 Å². The molecule has 4 N–H and O–H groups in total. The van der Waals surface area contributed by atoms with Crippen LogP contribution in [0.4, 0.5) is 30.4 Å². The van der Waals surface area contributed by atoms with Crippen molar-refractivity contribution in [1.82, 2.24) is 4.98 Å². The second-order valence-electron chi connectivity index (χ2n) is 3.79. The first-order valence-electron chi connectivity index (χ1n) is 5.30. The van der Waals surface area contributed by atoms with Crippen LogP contribution in [0.2, 0.25) is 0 Å². The maximum atomic E-state index is 13.5. The van der Waals surface area contributed by atoms with Crippen molar-refractivity contribution in [2.75, 3.05) is 11.1 Å². The average molecular weight is 283 g/mol. The summed E-state index contributed by atoms with van der Waals surface area (Å²) >= 11 is 0. The van der Waals surface area contributed by atoms with Crippen molar-refractivity contribution in [2.45, 2.75) is 0 Å². The second kappa shape index (κ2) is 5.08. The fraction of sp³-hybridized carbons (Fsp3) is 0. The van der Waals surface area contributed by atoms with Crippen LogP contribution in [0.25, 0.3) is 0 Å². The van der Waals surface area contributed by atoms with Crippen LogP contribution in [0.15, 0.2) is 24.3 Å². The number of hydrogen-bond donors (Lipinski definition) is 3. The lowest BCUT2D eigenvalue weighted by atomic mass is 10.2. The molecule has 0 saturated carbocycles. The van der Waals surface area contributed by atoms with Gasteiger partial charge >= 0.3 is 5.97 Å². The molecule has 0 aliphatic rings. The van der Waals surface area contributed by atoms with E-state index < -0.39 is 29.1 Å². The van der Waals surface area contributed by atoms with Crippen LogP contribution in [-0.4, -0.2) is 16.1 Å². The Morgan fingerprint density at radius 2 is 1.85 bits per heavy atom. The molecule has 2 rings (SSSR count). The fourth-order valence-corrected chi connectivity index (χ4v) is 1.44. The zero-order valence-electron chi connectivity index (χ0n) is 9.82. The van der Waals surface area contributed by atoms with E-state index in [1.807, 2.05) is 0 Å². The first-order chi connectivity index (χ1) is 9.40. The summed E-state index contributed by atoms with van der Waals surface area (Å²) in [7, 11) is 0. The van der Waals surface area contributed by atoms with Gasteiger partial charge in [-0.1, -0.05) is 0 Å². The number of anilines is 3. The van der Waals surface area contributed by atoms with E-state index in [4.69, 9.17) is 10.8 Å². The topological polar surface area (TPSA) is 88.2 Å². The highest BCUT2D eigenvalue weighted by molar-refractivity contribution is 5.87. The van der Waals surface area contributed by atoms with Crippen molar-refractivity contribution >= 4 is 23.2 Å². The van der Waals surface area contributed by atoms with E-state index in [0.717, 1.165) is 18.2 Å². The molecule has 20 heavy (non-hydrogen) atoms. The minimum Gasteiger partial charge on any atom is -0.477 e. The van der Waals surface area contributed by atoms with Gasteiger partial charge in [0.05, 0.1) is 11.4 Å². The summed E-state index contributed by atoms with van der Waals surface area (Å²) in [6.07, 6.45) is 0. The van der Waals surface area contributed by atoms with Gasteiger partial charge in [-0.05, 0) is 24.3 Å². The van der Waals surface area contributed by atoms with Crippen molar-refractivity contribution in [3.8, 4) is 0 Å². The van der Waals surface area contributed by atoms with Gasteiger partial charge < -0.3 is 16.2 Å². The predicted octanol–water partition coefficient (Wildman–Crippen LogP) is 2.52. The monoisotopic (exact) mass is 283 g/mol. The first-order valence-corrected chi connectivity index (χ1v) is 5.30. The number of halogens is 3. The van der Waals surface area contributed by atoms with Crippen LogP contribution in [0.3, 0.4) is 0 Å². The van der Waals surface area contributed by atoms with E-state index in [2.05, 4.69) is 10.3 Å². The van der Waals surface area contributed by atoms with E-state index >= 15 is 0 Å². The van der Waals surface area contributed by atoms with Crippen molar-refractivity contribution in [2.24, 2.45) is 0 Å². The molecule has 0 spiro atoms. The molecule has 0 aliphatic heterocycles. The van der Waals surface area contributed by atoms with Crippen LogP contribution in [0.5, 0.6) is 0 Å². The number of hydrogen-bond acceptors (Lipinski definition) is 4. The number of nitrogens with two attached hydrogens (primary N) is 1. The van der Waals surface area contributed by atoms with Gasteiger partial charge in [0.1, 0.15) is 0 Å². The van der Waals surface area contributed by atoms with Gasteiger partial charge in [0, 0.05) is 0 Å². The molecule has 8 heteroatoms. The number of carboxylic acids is 1. The summed E-state index contributed by atoms with van der Waals surface area (Å²) in [6.45, 7) is 0. The largest absolute Gasteiger partial charge is 0.477 e. The minimum atomic E-state index is -1.65. The lowest BCUT2D eigenvalue weighted by Gasteiger charge is -2.10. The van der Waals surface area contributed by atoms with Crippen molar-refractivity contribution in [3.63, 3.8) is 0 Å². The number of pyridine rings is 1. The summed E-state index contributed by atoms with van der Waals surface area (Å²) < 4.78 is 39.3. The quantitative estimate of drug-likeness (QED) is 0.753. The van der Waals surface area contributed by atoms with E-state index in [1.165, 1.54) is 6.07 Å². The molecule has 2 aromatic rings. The van der Waals surface area contributed by atoms with Crippen LogP contribution < -0.4 is 11.1 Å². The summed E-state index contributed by atoms with van der Waals surface area (Å²) in [5, 5.41) is 11.1. The number of nitrogens with zero attached hydrogens (tertiary/aromatic N) is 1. The third kappa shape index (κ3) is 2.48. The molecule has 0 saturated heterocycles. The molecular formula is C12H8F3N3O2. The number of nitrogens with one attached hydrogen (secondary N) is 1. The van der Waals surface area contributed by atoms with Gasteiger partial charge in [0.25, 0.3) is 0 Å². The highest BCUT2D eigenvalue weighted by atomic mass is 19.2. The standard InChI is InChI=1S/C12H8F3N3O2/c13-5-1-3-7(10(15)9(5)14)17-11-6(16)2-4-8(18-11)12(19)20/h1-4H,16H2,(H,17,18)(H,19,20). The average Bonchev–Trinajstić information content (AvgIpc) is 2.41. The highest BCUT2D eigenvalue weighted by Crippen LogP contribution is 2.25. The molecule has 104 valence electrons. The van der Waals surface area contributed by atoms with Gasteiger partial charge in [-0.3, -0.25) is 0 Å². The Hall–Kier alpha value is -2.77. The minimum absolute atomic E-state index is 0.0270. The van der Waals surface area contributed by atoms with Gasteiger partial charge in [-0.25, -0.2) is 22.9 Å². The molecule has 0 bridgehead atoms. The normalized spacial score (nSPS) is 10.3. The third-order valence-electron chi connectivity index (χ3n) is 2.43. The predicted molar refractivity (Wildman–Crippen MR) is 65.2 cm³/mol. The summed E-state index contributed by atoms with van der Waals surface area (Å²) in [5.41, 5.74) is 4.83. The molecule has 1 heterocycles. The van der Waals surface area contributed by atoms with Gasteiger partial charge in [0.15, 0.2) is 29.0 Å². The van der Waals surface area contributed by atoms with Crippen molar-refractivity contribution in [3.05, 3.63) is 47.4 Å². The van der Waals surface area contributed by atoms with Crippen LogP contribution in [0, 0.1) is 17.5 Å². The zero-order valence-corrected chi connectivity index (χ0v) is 9.82. The highest BCUT2D eigenvalue weighted by Gasteiger charge is 2.15. The molecule has 5 nitrogen and oxygen atoms in total. The lowest BCUT2D eigenvalue weighted by molar-refractivity contribution is 0.0690. The van der Waals surface area contributed by atoms with Gasteiger partial charge in [-0.15, -0.1) is 0 Å². The van der Waals surface area contributed by atoms with E-state index in [9.17, 15) is 18.0 Å². The Morgan fingerprint density at radius 1 is 1.15 bits per heavy atom. The number of benzene rings is 1. The molecule has 0 fully saturated rings. The zero-order chi connectivity index (χ0) is 14.9. The number of aromatic carboxylic acids is 1. The molecule has 0 amide bonds. The maximum absolute atomic E-state index is 13.5. The van der Waals surface area contributed by atoms with Gasteiger partial charge in [0.2, 0.25) is 0 Å².